The van der Waals surface area contributed by atoms with E-state index in [2.05, 4.69) is 24.1 Å². The molecule has 0 radical (unpaired) electrons. The van der Waals surface area contributed by atoms with Crippen LogP contribution in [0.3, 0.4) is 0 Å². The zero-order chi connectivity index (χ0) is 13.8. The molecule has 0 bridgehead atoms. The second-order valence-corrected chi connectivity index (χ2v) is 5.76. The molecule has 0 aliphatic carbocycles. The molecule has 1 N–H and O–H groups in total. The van der Waals surface area contributed by atoms with Gasteiger partial charge in [-0.05, 0) is 38.1 Å². The van der Waals surface area contributed by atoms with Crippen molar-refractivity contribution in [1.29, 1.82) is 0 Å². The molecule has 0 spiro atoms. The summed E-state index contributed by atoms with van der Waals surface area (Å²) in [5.41, 5.74) is 2.04. The van der Waals surface area contributed by atoms with Crippen LogP contribution in [0.15, 0.2) is 24.3 Å². The molecule has 0 aliphatic rings. The topological polar surface area (TPSA) is 24.9 Å². The first-order valence-corrected chi connectivity index (χ1v) is 7.35. The first kappa shape index (κ1) is 14.2. The Morgan fingerprint density at radius 3 is 2.89 bits per heavy atom. The smallest absolute Gasteiger partial charge is 0.123 e. The first-order valence-electron chi connectivity index (χ1n) is 6.54. The maximum absolute atomic E-state index is 13.2. The lowest BCUT2D eigenvalue weighted by Gasteiger charge is -2.09. The van der Waals surface area contributed by atoms with E-state index in [1.54, 1.807) is 23.5 Å². The summed E-state index contributed by atoms with van der Waals surface area (Å²) in [6.07, 6.45) is 0.697. The van der Waals surface area contributed by atoms with Crippen molar-refractivity contribution >= 4 is 11.3 Å². The first-order chi connectivity index (χ1) is 9.10. The van der Waals surface area contributed by atoms with Crippen LogP contribution >= 0.6 is 11.3 Å². The van der Waals surface area contributed by atoms with E-state index in [-0.39, 0.29) is 5.82 Å². The van der Waals surface area contributed by atoms with E-state index in [4.69, 9.17) is 0 Å². The largest absolute Gasteiger partial charge is 0.310 e. The van der Waals surface area contributed by atoms with Crippen LogP contribution in [0.25, 0.3) is 0 Å². The van der Waals surface area contributed by atoms with Crippen LogP contribution in [0.2, 0.25) is 0 Å². The molecule has 2 nitrogen and oxygen atoms in total. The Morgan fingerprint density at radius 2 is 2.21 bits per heavy atom. The lowest BCUT2D eigenvalue weighted by molar-refractivity contribution is 0.603. The third-order valence-corrected chi connectivity index (χ3v) is 4.36. The van der Waals surface area contributed by atoms with Crippen molar-refractivity contribution < 1.29 is 4.39 Å². The molecule has 0 amide bonds. The quantitative estimate of drug-likeness (QED) is 0.898. The van der Waals surface area contributed by atoms with Crippen LogP contribution in [0.4, 0.5) is 4.39 Å². The van der Waals surface area contributed by atoms with Gasteiger partial charge in [0.2, 0.25) is 0 Å². The van der Waals surface area contributed by atoms with Crippen molar-refractivity contribution in [3.05, 3.63) is 51.2 Å². The SMILES string of the molecule is CCNC(C)c1sc(Cc2cccc(F)c2)nc1C. The van der Waals surface area contributed by atoms with Gasteiger partial charge < -0.3 is 5.32 Å². The van der Waals surface area contributed by atoms with Crippen LogP contribution in [0.5, 0.6) is 0 Å². The molecule has 1 aromatic heterocycles. The van der Waals surface area contributed by atoms with E-state index in [0.717, 1.165) is 22.8 Å². The summed E-state index contributed by atoms with van der Waals surface area (Å²) >= 11 is 1.71. The molecule has 1 heterocycles. The van der Waals surface area contributed by atoms with Crippen molar-refractivity contribution in [2.24, 2.45) is 0 Å². The molecule has 4 heteroatoms. The summed E-state index contributed by atoms with van der Waals surface area (Å²) in [4.78, 5) is 5.87. The minimum absolute atomic E-state index is 0.188. The monoisotopic (exact) mass is 278 g/mol. The number of aryl methyl sites for hydroxylation is 1. The molecule has 2 aromatic rings. The Kier molecular flexibility index (Phi) is 4.66. The standard InChI is InChI=1S/C15H19FN2S/c1-4-17-10(2)15-11(3)18-14(19-15)9-12-6-5-7-13(16)8-12/h5-8,10,17H,4,9H2,1-3H3. The van der Waals surface area contributed by atoms with E-state index >= 15 is 0 Å². The molecule has 1 aromatic carbocycles. The summed E-state index contributed by atoms with van der Waals surface area (Å²) in [5.74, 6) is -0.188. The number of thiazole rings is 1. The average molecular weight is 278 g/mol. The molecule has 0 saturated heterocycles. The van der Waals surface area contributed by atoms with E-state index in [9.17, 15) is 4.39 Å². The van der Waals surface area contributed by atoms with Gasteiger partial charge in [0.05, 0.1) is 10.7 Å². The van der Waals surface area contributed by atoms with E-state index in [1.807, 2.05) is 13.0 Å². The minimum atomic E-state index is -0.188. The average Bonchev–Trinajstić information content (AvgIpc) is 2.70. The molecular weight excluding hydrogens is 259 g/mol. The van der Waals surface area contributed by atoms with Gasteiger partial charge in [-0.15, -0.1) is 11.3 Å². The number of hydrogen-bond acceptors (Lipinski definition) is 3. The van der Waals surface area contributed by atoms with Crippen molar-refractivity contribution in [2.45, 2.75) is 33.2 Å². The third kappa shape index (κ3) is 3.61. The maximum Gasteiger partial charge on any atom is 0.123 e. The molecule has 102 valence electrons. The molecule has 0 aliphatic heterocycles. The molecular formula is C15H19FN2S. The highest BCUT2D eigenvalue weighted by Crippen LogP contribution is 2.26. The predicted molar refractivity (Wildman–Crippen MR) is 78.1 cm³/mol. The Balaban J connectivity index is 2.16. The summed E-state index contributed by atoms with van der Waals surface area (Å²) in [5, 5.41) is 4.44. The Hall–Kier alpha value is -1.26. The van der Waals surface area contributed by atoms with Crippen LogP contribution in [0.1, 0.15) is 41.0 Å². The van der Waals surface area contributed by atoms with Crippen molar-refractivity contribution in [3.63, 3.8) is 0 Å². The fourth-order valence-electron chi connectivity index (χ4n) is 2.16. The highest BCUT2D eigenvalue weighted by Gasteiger charge is 2.13. The van der Waals surface area contributed by atoms with Gasteiger partial charge in [0.1, 0.15) is 5.82 Å². The van der Waals surface area contributed by atoms with E-state index < -0.39 is 0 Å². The van der Waals surface area contributed by atoms with Crippen molar-refractivity contribution in [2.75, 3.05) is 6.54 Å². The van der Waals surface area contributed by atoms with Crippen LogP contribution < -0.4 is 5.32 Å². The number of aromatic nitrogens is 1. The van der Waals surface area contributed by atoms with Gasteiger partial charge >= 0.3 is 0 Å². The molecule has 1 unspecified atom stereocenters. The number of halogens is 1. The number of benzene rings is 1. The number of hydrogen-bond donors (Lipinski definition) is 1. The van der Waals surface area contributed by atoms with Gasteiger partial charge in [0.25, 0.3) is 0 Å². The summed E-state index contributed by atoms with van der Waals surface area (Å²) < 4.78 is 13.2. The summed E-state index contributed by atoms with van der Waals surface area (Å²) in [7, 11) is 0. The number of nitrogens with one attached hydrogen (secondary N) is 1. The van der Waals surface area contributed by atoms with Gasteiger partial charge in [0, 0.05) is 17.3 Å². The van der Waals surface area contributed by atoms with E-state index in [1.165, 1.54) is 10.9 Å². The van der Waals surface area contributed by atoms with Gasteiger partial charge in [-0.1, -0.05) is 19.1 Å². The number of rotatable bonds is 5. The van der Waals surface area contributed by atoms with Crippen molar-refractivity contribution in [1.82, 2.24) is 10.3 Å². The van der Waals surface area contributed by atoms with Crippen LogP contribution in [0, 0.1) is 12.7 Å². The Bertz CT molecular complexity index is 551. The molecule has 2 rings (SSSR count). The van der Waals surface area contributed by atoms with Crippen LogP contribution in [-0.2, 0) is 6.42 Å². The lowest BCUT2D eigenvalue weighted by Crippen LogP contribution is -2.17. The Labute approximate surface area is 117 Å². The molecule has 19 heavy (non-hydrogen) atoms. The third-order valence-electron chi connectivity index (χ3n) is 3.02. The van der Waals surface area contributed by atoms with Gasteiger partial charge in [-0.3, -0.25) is 0 Å². The van der Waals surface area contributed by atoms with Gasteiger partial charge in [0.15, 0.2) is 0 Å². The highest BCUT2D eigenvalue weighted by atomic mass is 32.1. The zero-order valence-electron chi connectivity index (χ0n) is 11.5. The number of nitrogens with zero attached hydrogens (tertiary/aromatic N) is 1. The Morgan fingerprint density at radius 1 is 1.42 bits per heavy atom. The second-order valence-electron chi connectivity index (χ2n) is 4.64. The summed E-state index contributed by atoms with van der Waals surface area (Å²) in [6.45, 7) is 7.23. The fourth-order valence-corrected chi connectivity index (χ4v) is 3.29. The van der Waals surface area contributed by atoms with Gasteiger partial charge in [-0.25, -0.2) is 9.37 Å². The second kappa shape index (κ2) is 6.26. The van der Waals surface area contributed by atoms with Crippen LogP contribution in [-0.4, -0.2) is 11.5 Å². The highest BCUT2D eigenvalue weighted by molar-refractivity contribution is 7.11. The molecule has 0 saturated carbocycles. The zero-order valence-corrected chi connectivity index (χ0v) is 12.4. The molecule has 1 atom stereocenters. The van der Waals surface area contributed by atoms with Crippen molar-refractivity contribution in [3.8, 4) is 0 Å². The normalized spacial score (nSPS) is 12.6. The lowest BCUT2D eigenvalue weighted by atomic mass is 10.1. The summed E-state index contributed by atoms with van der Waals surface area (Å²) in [6, 6.07) is 7.05. The van der Waals surface area contributed by atoms with Gasteiger partial charge in [-0.2, -0.15) is 0 Å². The predicted octanol–water partition coefficient (Wildman–Crippen LogP) is 3.85. The molecule has 0 fully saturated rings. The fraction of sp³-hybridized carbons (Fsp3) is 0.400. The van der Waals surface area contributed by atoms with E-state index in [0.29, 0.717) is 12.5 Å². The minimum Gasteiger partial charge on any atom is -0.310 e. The maximum atomic E-state index is 13.2.